The average molecular weight is 273 g/mol. The van der Waals surface area contributed by atoms with Crippen molar-refractivity contribution >= 4 is 11.6 Å². The molecule has 3 rings (SSSR count). The van der Waals surface area contributed by atoms with Crippen LogP contribution in [0, 0.1) is 12.8 Å². The zero-order chi connectivity index (χ0) is 14.1. The maximum Gasteiger partial charge on any atom is 0.137 e. The molecule has 0 aliphatic carbocycles. The van der Waals surface area contributed by atoms with Gasteiger partial charge in [-0.2, -0.15) is 0 Å². The first-order valence-electron chi connectivity index (χ1n) is 7.10. The number of carbonyl (C=O) groups excluding carboxylic acids is 1. The summed E-state index contributed by atoms with van der Waals surface area (Å²) in [4.78, 5) is 16.7. The maximum atomic E-state index is 10.9. The molecule has 2 aromatic rings. The lowest BCUT2D eigenvalue weighted by Gasteiger charge is -2.29. The van der Waals surface area contributed by atoms with Crippen LogP contribution in [0.3, 0.4) is 0 Å². The Kier molecular flexibility index (Phi) is 3.44. The first-order chi connectivity index (χ1) is 9.63. The molecule has 0 amide bonds. The van der Waals surface area contributed by atoms with E-state index in [9.17, 15) is 9.90 Å². The van der Waals surface area contributed by atoms with Gasteiger partial charge in [0.05, 0.1) is 25.0 Å². The number of fused-ring (bicyclic) bond motifs is 1. The van der Waals surface area contributed by atoms with Crippen LogP contribution < -0.4 is 10.0 Å². The van der Waals surface area contributed by atoms with E-state index in [2.05, 4.69) is 34.6 Å². The van der Waals surface area contributed by atoms with E-state index >= 15 is 0 Å². The summed E-state index contributed by atoms with van der Waals surface area (Å²) in [5.74, 6) is -1.15. The Morgan fingerprint density at radius 2 is 2.25 bits per heavy atom. The number of carbonyl (C=O) groups is 1. The van der Waals surface area contributed by atoms with Gasteiger partial charge < -0.3 is 14.8 Å². The second-order valence-corrected chi connectivity index (χ2v) is 5.70. The number of quaternary nitrogens is 1. The molecule has 1 saturated heterocycles. The molecule has 1 N–H and O–H groups in total. The van der Waals surface area contributed by atoms with E-state index in [0.29, 0.717) is 12.8 Å². The number of rotatable bonds is 3. The number of carboxylic acids is 1. The van der Waals surface area contributed by atoms with Crippen LogP contribution in [-0.2, 0) is 11.3 Å². The Morgan fingerprint density at radius 1 is 1.50 bits per heavy atom. The standard InChI is InChI=1S/C15H19N3O2/c1-11-2-7-18-13(9-16-14(18)8-11)10-17-5-3-12(4-6-17)15(19)20/h2,7-9,12H,3-6,10H2,1H3,(H,19,20). The number of piperidine rings is 1. The molecule has 5 nitrogen and oxygen atoms in total. The number of pyridine rings is 1. The summed E-state index contributed by atoms with van der Waals surface area (Å²) < 4.78 is 2.12. The van der Waals surface area contributed by atoms with E-state index in [1.165, 1.54) is 16.2 Å². The van der Waals surface area contributed by atoms with Gasteiger partial charge in [0.15, 0.2) is 0 Å². The van der Waals surface area contributed by atoms with Gasteiger partial charge in [-0.25, -0.2) is 4.98 Å². The van der Waals surface area contributed by atoms with E-state index in [0.717, 1.165) is 25.3 Å². The fourth-order valence-corrected chi connectivity index (χ4v) is 2.96. The van der Waals surface area contributed by atoms with Crippen molar-refractivity contribution in [3.8, 4) is 0 Å². The van der Waals surface area contributed by atoms with Gasteiger partial charge in [0.2, 0.25) is 0 Å². The highest BCUT2D eigenvalue weighted by molar-refractivity contribution is 5.67. The normalized spacial score (nSPS) is 23.1. The zero-order valence-electron chi connectivity index (χ0n) is 11.6. The predicted octanol–water partition coefficient (Wildman–Crippen LogP) is -0.812. The predicted molar refractivity (Wildman–Crippen MR) is 72.1 cm³/mol. The van der Waals surface area contributed by atoms with Crippen LogP contribution in [0.15, 0.2) is 24.5 Å². The van der Waals surface area contributed by atoms with Gasteiger partial charge in [-0.15, -0.1) is 0 Å². The Labute approximate surface area is 117 Å². The minimum absolute atomic E-state index is 0.261. The first-order valence-corrected chi connectivity index (χ1v) is 7.10. The van der Waals surface area contributed by atoms with E-state index in [1.54, 1.807) is 0 Å². The summed E-state index contributed by atoms with van der Waals surface area (Å²) in [6.45, 7) is 4.73. The quantitative estimate of drug-likeness (QED) is 0.795. The van der Waals surface area contributed by atoms with Crippen molar-refractivity contribution in [2.45, 2.75) is 26.3 Å². The number of aryl methyl sites for hydroxylation is 1. The van der Waals surface area contributed by atoms with Crippen LogP contribution in [-0.4, -0.2) is 28.4 Å². The minimum atomic E-state index is -0.894. The van der Waals surface area contributed by atoms with Crippen molar-refractivity contribution in [2.75, 3.05) is 13.1 Å². The van der Waals surface area contributed by atoms with Gasteiger partial charge >= 0.3 is 0 Å². The lowest BCUT2D eigenvalue weighted by Crippen LogP contribution is -3.12. The Bertz CT molecular complexity index is 627. The fraction of sp³-hybridized carbons (Fsp3) is 0.467. The van der Waals surface area contributed by atoms with Crippen molar-refractivity contribution < 1.29 is 14.8 Å². The van der Waals surface area contributed by atoms with Crippen molar-refractivity contribution in [2.24, 2.45) is 5.92 Å². The number of hydrogen-bond donors (Lipinski definition) is 1. The molecule has 106 valence electrons. The number of likely N-dealkylation sites (tertiary alicyclic amines) is 1. The number of nitrogens with zero attached hydrogens (tertiary/aromatic N) is 2. The molecule has 0 atom stereocenters. The van der Waals surface area contributed by atoms with Gasteiger partial charge in [-0.05, 0) is 24.6 Å². The molecule has 0 spiro atoms. The fourth-order valence-electron chi connectivity index (χ4n) is 2.96. The second kappa shape index (κ2) is 5.25. The third-order valence-corrected chi connectivity index (χ3v) is 4.20. The smallest absolute Gasteiger partial charge is 0.137 e. The SMILES string of the molecule is Cc1ccn2c(C[NH+]3CCC(C(=O)[O-])CC3)cnc2c1. The van der Waals surface area contributed by atoms with Crippen molar-refractivity contribution in [3.63, 3.8) is 0 Å². The molecule has 20 heavy (non-hydrogen) atoms. The summed E-state index contributed by atoms with van der Waals surface area (Å²) in [5.41, 5.74) is 3.36. The van der Waals surface area contributed by atoms with Crippen molar-refractivity contribution in [3.05, 3.63) is 35.8 Å². The van der Waals surface area contributed by atoms with E-state index in [1.807, 2.05) is 6.20 Å². The van der Waals surface area contributed by atoms with Gasteiger partial charge in [-0.3, -0.25) is 4.40 Å². The lowest BCUT2D eigenvalue weighted by molar-refractivity contribution is -0.919. The van der Waals surface area contributed by atoms with Gasteiger partial charge in [0.25, 0.3) is 0 Å². The Morgan fingerprint density at radius 3 is 2.95 bits per heavy atom. The van der Waals surface area contributed by atoms with Gasteiger partial charge in [-0.1, -0.05) is 0 Å². The molecule has 0 saturated carbocycles. The lowest BCUT2D eigenvalue weighted by atomic mass is 9.97. The molecule has 0 radical (unpaired) electrons. The molecular formula is C15H19N3O2. The second-order valence-electron chi connectivity index (χ2n) is 5.70. The molecular weight excluding hydrogens is 254 g/mol. The molecule has 1 aliphatic rings. The van der Waals surface area contributed by atoms with Crippen molar-refractivity contribution in [1.82, 2.24) is 9.38 Å². The summed E-state index contributed by atoms with van der Waals surface area (Å²) in [6.07, 6.45) is 5.41. The van der Waals surface area contributed by atoms with Crippen molar-refractivity contribution in [1.29, 1.82) is 0 Å². The maximum absolute atomic E-state index is 10.9. The topological polar surface area (TPSA) is 61.9 Å². The number of imidazole rings is 1. The Balaban J connectivity index is 1.70. The molecule has 1 aliphatic heterocycles. The Hall–Kier alpha value is -1.88. The third-order valence-electron chi connectivity index (χ3n) is 4.20. The van der Waals surface area contributed by atoms with E-state index in [4.69, 9.17) is 0 Å². The summed E-state index contributed by atoms with van der Waals surface area (Å²) in [5, 5.41) is 10.9. The summed E-state index contributed by atoms with van der Waals surface area (Å²) in [7, 11) is 0. The van der Waals surface area contributed by atoms with E-state index in [-0.39, 0.29) is 5.92 Å². The van der Waals surface area contributed by atoms with Crippen LogP contribution >= 0.6 is 0 Å². The summed E-state index contributed by atoms with van der Waals surface area (Å²) in [6, 6.07) is 4.15. The number of nitrogens with one attached hydrogen (secondary N) is 1. The molecule has 1 fully saturated rings. The van der Waals surface area contributed by atoms with Gasteiger partial charge in [0, 0.05) is 30.9 Å². The number of aliphatic carboxylic acids is 1. The molecule has 0 bridgehead atoms. The summed E-state index contributed by atoms with van der Waals surface area (Å²) >= 11 is 0. The van der Waals surface area contributed by atoms with Crippen LogP contribution in [0.2, 0.25) is 0 Å². The van der Waals surface area contributed by atoms with Crippen LogP contribution in [0.5, 0.6) is 0 Å². The number of aromatic nitrogens is 2. The minimum Gasteiger partial charge on any atom is -0.550 e. The third kappa shape index (κ3) is 2.54. The monoisotopic (exact) mass is 273 g/mol. The molecule has 3 heterocycles. The van der Waals surface area contributed by atoms with E-state index < -0.39 is 5.97 Å². The molecule has 0 unspecified atom stereocenters. The van der Waals surface area contributed by atoms with Crippen LogP contribution in [0.4, 0.5) is 0 Å². The highest BCUT2D eigenvalue weighted by Crippen LogP contribution is 2.10. The molecule has 0 aromatic carbocycles. The van der Waals surface area contributed by atoms with Crippen LogP contribution in [0.1, 0.15) is 24.1 Å². The number of carboxylic acid groups (broad SMARTS) is 1. The highest BCUT2D eigenvalue weighted by Gasteiger charge is 2.23. The highest BCUT2D eigenvalue weighted by atomic mass is 16.4. The van der Waals surface area contributed by atoms with Crippen LogP contribution in [0.25, 0.3) is 5.65 Å². The molecule has 5 heteroatoms. The largest absolute Gasteiger partial charge is 0.550 e. The molecule has 2 aromatic heterocycles. The zero-order valence-corrected chi connectivity index (χ0v) is 11.6. The average Bonchev–Trinajstić information content (AvgIpc) is 2.81. The number of hydrogen-bond acceptors (Lipinski definition) is 3. The van der Waals surface area contributed by atoms with Gasteiger partial charge in [0.1, 0.15) is 12.2 Å². The first kappa shape index (κ1) is 13.1.